The minimum atomic E-state index is -0.0947. The number of guanidine groups is 1. The second kappa shape index (κ2) is 7.74. The Kier molecular flexibility index (Phi) is 6.25. The summed E-state index contributed by atoms with van der Waals surface area (Å²) in [5.74, 6) is 0.844. The van der Waals surface area contributed by atoms with Crippen molar-refractivity contribution in [3.05, 3.63) is 12.7 Å². The summed E-state index contributed by atoms with van der Waals surface area (Å²) in [6.45, 7) is 8.84. The molecule has 1 fully saturated rings. The highest BCUT2D eigenvalue weighted by molar-refractivity contribution is 5.80. The van der Waals surface area contributed by atoms with E-state index in [9.17, 15) is 4.79 Å². The summed E-state index contributed by atoms with van der Waals surface area (Å²) in [4.78, 5) is 18.1. The van der Waals surface area contributed by atoms with Crippen LogP contribution in [0.1, 0.15) is 19.8 Å². The zero-order valence-corrected chi connectivity index (χ0v) is 11.3. The van der Waals surface area contributed by atoms with Crippen LogP contribution in [0.5, 0.6) is 0 Å². The molecule has 0 aromatic rings. The molecule has 18 heavy (non-hydrogen) atoms. The Morgan fingerprint density at radius 3 is 2.72 bits per heavy atom. The summed E-state index contributed by atoms with van der Waals surface area (Å²) >= 11 is 0. The summed E-state index contributed by atoms with van der Waals surface area (Å²) in [5.41, 5.74) is 0. The van der Waals surface area contributed by atoms with Crippen LogP contribution in [-0.4, -0.2) is 50.1 Å². The predicted molar refractivity (Wildman–Crippen MR) is 72.5 cm³/mol. The van der Waals surface area contributed by atoms with Gasteiger partial charge in [0, 0.05) is 19.6 Å². The van der Waals surface area contributed by atoms with Crippen molar-refractivity contribution in [3.8, 4) is 0 Å². The van der Waals surface area contributed by atoms with E-state index in [1.807, 2.05) is 6.92 Å². The van der Waals surface area contributed by atoms with Crippen LogP contribution in [-0.2, 0) is 9.53 Å². The Hall–Kier alpha value is -1.52. The summed E-state index contributed by atoms with van der Waals surface area (Å²) in [7, 11) is 1.45. The fourth-order valence-electron chi connectivity index (χ4n) is 2.07. The number of methoxy groups -OCH3 is 1. The lowest BCUT2D eigenvalue weighted by molar-refractivity contribution is -0.146. The fraction of sp³-hybridized carbons (Fsp3) is 0.692. The van der Waals surface area contributed by atoms with E-state index in [0.29, 0.717) is 6.54 Å². The zero-order chi connectivity index (χ0) is 13.4. The van der Waals surface area contributed by atoms with Crippen molar-refractivity contribution >= 4 is 11.9 Å². The minimum absolute atomic E-state index is 0.0357. The number of rotatable bonds is 4. The van der Waals surface area contributed by atoms with E-state index >= 15 is 0 Å². The molecule has 5 nitrogen and oxygen atoms in total. The van der Waals surface area contributed by atoms with Crippen molar-refractivity contribution in [1.29, 1.82) is 0 Å². The lowest BCUT2D eigenvalue weighted by Crippen LogP contribution is -2.46. The van der Waals surface area contributed by atoms with E-state index in [-0.39, 0.29) is 11.9 Å². The summed E-state index contributed by atoms with van der Waals surface area (Å²) < 4.78 is 4.78. The molecule has 0 unspecified atom stereocenters. The van der Waals surface area contributed by atoms with Crippen molar-refractivity contribution in [2.75, 3.05) is 33.3 Å². The van der Waals surface area contributed by atoms with Gasteiger partial charge in [-0.25, -0.2) is 4.99 Å². The van der Waals surface area contributed by atoms with Crippen LogP contribution < -0.4 is 5.32 Å². The van der Waals surface area contributed by atoms with Crippen molar-refractivity contribution in [1.82, 2.24) is 10.2 Å². The Bertz CT molecular complexity index is 307. The standard InChI is InChI=1S/C13H23N3O2/c1-4-8-15-13(14-5-2)16-9-6-11(7-10-16)12(17)18-3/h4,11H,1,5-10H2,2-3H3,(H,14,15). The molecule has 0 amide bonds. The maximum absolute atomic E-state index is 11.4. The number of nitrogens with zero attached hydrogens (tertiary/aromatic N) is 2. The van der Waals surface area contributed by atoms with Gasteiger partial charge in [0.15, 0.2) is 5.96 Å². The van der Waals surface area contributed by atoms with Gasteiger partial charge in [-0.2, -0.15) is 0 Å². The molecular formula is C13H23N3O2. The van der Waals surface area contributed by atoms with E-state index < -0.39 is 0 Å². The number of hydrogen-bond donors (Lipinski definition) is 1. The summed E-state index contributed by atoms with van der Waals surface area (Å²) in [6.07, 6.45) is 3.43. The van der Waals surface area contributed by atoms with Crippen LogP contribution in [0.3, 0.4) is 0 Å². The van der Waals surface area contributed by atoms with Crippen LogP contribution >= 0.6 is 0 Å². The first kappa shape index (κ1) is 14.5. The molecule has 0 radical (unpaired) electrons. The zero-order valence-electron chi connectivity index (χ0n) is 11.3. The van der Waals surface area contributed by atoms with Crippen molar-refractivity contribution in [2.45, 2.75) is 19.8 Å². The molecular weight excluding hydrogens is 230 g/mol. The lowest BCUT2D eigenvalue weighted by Gasteiger charge is -2.33. The predicted octanol–water partition coefficient (Wildman–Crippen LogP) is 1.02. The van der Waals surface area contributed by atoms with Gasteiger partial charge in [-0.05, 0) is 19.8 Å². The number of likely N-dealkylation sites (tertiary alicyclic amines) is 1. The molecule has 0 atom stereocenters. The number of esters is 1. The molecule has 0 saturated carbocycles. The highest BCUT2D eigenvalue weighted by Crippen LogP contribution is 2.18. The number of nitrogens with one attached hydrogen (secondary N) is 1. The number of ether oxygens (including phenoxy) is 1. The van der Waals surface area contributed by atoms with E-state index in [1.54, 1.807) is 6.08 Å². The maximum Gasteiger partial charge on any atom is 0.308 e. The van der Waals surface area contributed by atoms with Crippen molar-refractivity contribution < 1.29 is 9.53 Å². The largest absolute Gasteiger partial charge is 0.469 e. The fourth-order valence-corrected chi connectivity index (χ4v) is 2.07. The van der Waals surface area contributed by atoms with E-state index in [0.717, 1.165) is 38.4 Å². The second-order valence-corrected chi connectivity index (χ2v) is 4.27. The average Bonchev–Trinajstić information content (AvgIpc) is 2.43. The third-order valence-electron chi connectivity index (χ3n) is 3.03. The van der Waals surface area contributed by atoms with E-state index in [4.69, 9.17) is 4.74 Å². The molecule has 1 aliphatic rings. The van der Waals surface area contributed by atoms with Gasteiger partial charge in [0.1, 0.15) is 0 Å². The maximum atomic E-state index is 11.4. The molecule has 1 aliphatic heterocycles. The number of hydrogen-bond acceptors (Lipinski definition) is 3. The second-order valence-electron chi connectivity index (χ2n) is 4.27. The highest BCUT2D eigenvalue weighted by atomic mass is 16.5. The molecule has 1 rings (SSSR count). The van der Waals surface area contributed by atoms with Crippen molar-refractivity contribution in [3.63, 3.8) is 0 Å². The highest BCUT2D eigenvalue weighted by Gasteiger charge is 2.26. The van der Waals surface area contributed by atoms with Gasteiger partial charge in [0.25, 0.3) is 0 Å². The monoisotopic (exact) mass is 253 g/mol. The van der Waals surface area contributed by atoms with Gasteiger partial charge in [-0.3, -0.25) is 4.79 Å². The molecule has 0 bridgehead atoms. The molecule has 0 aromatic carbocycles. The third kappa shape index (κ3) is 4.05. The van der Waals surface area contributed by atoms with Crippen LogP contribution in [0.25, 0.3) is 0 Å². The summed E-state index contributed by atoms with van der Waals surface area (Å²) in [6, 6.07) is 0. The number of aliphatic imine (C=N–C) groups is 1. The summed E-state index contributed by atoms with van der Waals surface area (Å²) in [5, 5.41) is 3.26. The molecule has 1 heterocycles. The minimum Gasteiger partial charge on any atom is -0.469 e. The SMILES string of the molecule is C=CCN=C(NCC)N1CCC(C(=O)OC)CC1. The van der Waals surface area contributed by atoms with Gasteiger partial charge in [0.2, 0.25) is 0 Å². The number of carbonyl (C=O) groups is 1. The van der Waals surface area contributed by atoms with Crippen molar-refractivity contribution in [2.24, 2.45) is 10.9 Å². The van der Waals surface area contributed by atoms with Crippen LogP contribution in [0.2, 0.25) is 0 Å². The average molecular weight is 253 g/mol. The van der Waals surface area contributed by atoms with Crippen LogP contribution in [0.15, 0.2) is 17.6 Å². The molecule has 5 heteroatoms. The number of piperidine rings is 1. The Balaban J connectivity index is 2.53. The first-order valence-corrected chi connectivity index (χ1v) is 6.44. The Morgan fingerprint density at radius 2 is 2.22 bits per heavy atom. The Labute approximate surface area is 109 Å². The lowest BCUT2D eigenvalue weighted by atomic mass is 9.97. The van der Waals surface area contributed by atoms with E-state index in [2.05, 4.69) is 21.8 Å². The molecule has 1 saturated heterocycles. The number of carbonyl (C=O) groups excluding carboxylic acids is 1. The molecule has 1 N–H and O–H groups in total. The van der Waals surface area contributed by atoms with Gasteiger partial charge < -0.3 is 15.0 Å². The molecule has 0 aliphatic carbocycles. The normalized spacial score (nSPS) is 17.4. The first-order chi connectivity index (χ1) is 8.72. The smallest absolute Gasteiger partial charge is 0.308 e. The van der Waals surface area contributed by atoms with Gasteiger partial charge in [0.05, 0.1) is 19.6 Å². The van der Waals surface area contributed by atoms with Gasteiger partial charge >= 0.3 is 5.97 Å². The topological polar surface area (TPSA) is 53.9 Å². The molecule has 0 aromatic heterocycles. The van der Waals surface area contributed by atoms with Gasteiger partial charge in [-0.1, -0.05) is 6.08 Å². The molecule has 0 spiro atoms. The molecule has 102 valence electrons. The van der Waals surface area contributed by atoms with E-state index in [1.165, 1.54) is 7.11 Å². The quantitative estimate of drug-likeness (QED) is 0.352. The Morgan fingerprint density at radius 1 is 1.56 bits per heavy atom. The third-order valence-corrected chi connectivity index (χ3v) is 3.03. The van der Waals surface area contributed by atoms with Gasteiger partial charge in [-0.15, -0.1) is 6.58 Å². The first-order valence-electron chi connectivity index (χ1n) is 6.44. The van der Waals surface area contributed by atoms with Crippen LogP contribution in [0, 0.1) is 5.92 Å². The van der Waals surface area contributed by atoms with Crippen LogP contribution in [0.4, 0.5) is 0 Å².